The van der Waals surface area contributed by atoms with Crippen LogP contribution in [0.4, 0.5) is 4.39 Å². The Morgan fingerprint density at radius 1 is 0.792 bits per heavy atom. The van der Waals surface area contributed by atoms with Crippen LogP contribution in [0.3, 0.4) is 0 Å². The van der Waals surface area contributed by atoms with E-state index in [0.29, 0.717) is 17.0 Å². The number of aromatic nitrogens is 1. The van der Waals surface area contributed by atoms with E-state index in [-0.39, 0.29) is 5.82 Å². The molecule has 0 aliphatic carbocycles. The Morgan fingerprint density at radius 2 is 1.58 bits per heavy atom. The van der Waals surface area contributed by atoms with Gasteiger partial charge in [0.05, 0.1) is 0 Å². The fourth-order valence-corrected chi connectivity index (χ4v) is 2.60. The lowest BCUT2D eigenvalue weighted by Gasteiger charge is -1.99. The number of halogens is 1. The van der Waals surface area contributed by atoms with Crippen LogP contribution in [0.15, 0.2) is 77.2 Å². The van der Waals surface area contributed by atoms with E-state index in [0.717, 1.165) is 16.6 Å². The molecule has 0 saturated carbocycles. The van der Waals surface area contributed by atoms with Crippen molar-refractivity contribution in [3.05, 3.63) is 90.1 Å². The topological polar surface area (TPSA) is 26.0 Å². The minimum absolute atomic E-state index is 0.267. The van der Waals surface area contributed by atoms with Gasteiger partial charge >= 0.3 is 0 Å². The second kappa shape index (κ2) is 6.13. The third kappa shape index (κ3) is 2.84. The summed E-state index contributed by atoms with van der Waals surface area (Å²) in [7, 11) is 0. The maximum Gasteiger partial charge on any atom is 0.220 e. The number of benzene rings is 3. The summed E-state index contributed by atoms with van der Waals surface area (Å²) in [6.45, 7) is 0. The van der Waals surface area contributed by atoms with Crippen molar-refractivity contribution in [1.82, 2.24) is 4.98 Å². The van der Waals surface area contributed by atoms with Crippen LogP contribution in [0.2, 0.25) is 0 Å². The lowest BCUT2D eigenvalue weighted by molar-refractivity contribution is 0.589. The van der Waals surface area contributed by atoms with Crippen LogP contribution in [0, 0.1) is 5.82 Å². The molecule has 0 amide bonds. The number of fused-ring (bicyclic) bond motifs is 1. The molecule has 3 aromatic carbocycles. The molecule has 0 aliphatic rings. The smallest absolute Gasteiger partial charge is 0.220 e. The fraction of sp³-hybridized carbons (Fsp3) is 0. The lowest BCUT2D eigenvalue weighted by Crippen LogP contribution is -1.79. The zero-order chi connectivity index (χ0) is 16.4. The average molecular weight is 315 g/mol. The van der Waals surface area contributed by atoms with E-state index >= 15 is 0 Å². The van der Waals surface area contributed by atoms with Crippen molar-refractivity contribution in [2.75, 3.05) is 0 Å². The van der Waals surface area contributed by atoms with Gasteiger partial charge in [0.25, 0.3) is 0 Å². The predicted molar refractivity (Wildman–Crippen MR) is 94.8 cm³/mol. The Hall–Kier alpha value is -3.20. The summed E-state index contributed by atoms with van der Waals surface area (Å²) in [5, 5.41) is 0. The highest BCUT2D eigenvalue weighted by molar-refractivity contribution is 5.81. The highest BCUT2D eigenvalue weighted by Crippen LogP contribution is 2.25. The van der Waals surface area contributed by atoms with Gasteiger partial charge in [-0.1, -0.05) is 54.6 Å². The van der Waals surface area contributed by atoms with E-state index in [9.17, 15) is 4.39 Å². The van der Waals surface area contributed by atoms with Gasteiger partial charge in [0.15, 0.2) is 5.58 Å². The zero-order valence-corrected chi connectivity index (χ0v) is 12.8. The van der Waals surface area contributed by atoms with Gasteiger partial charge in [-0.2, -0.15) is 0 Å². The Labute approximate surface area is 138 Å². The predicted octanol–water partition coefficient (Wildman–Crippen LogP) is 5.80. The van der Waals surface area contributed by atoms with E-state index in [1.54, 1.807) is 30.4 Å². The second-order valence-electron chi connectivity index (χ2n) is 5.46. The van der Waals surface area contributed by atoms with E-state index in [1.165, 1.54) is 6.07 Å². The number of oxazole rings is 1. The molecule has 4 aromatic rings. The molecule has 116 valence electrons. The third-order valence-electron chi connectivity index (χ3n) is 3.82. The van der Waals surface area contributed by atoms with Crippen molar-refractivity contribution in [3.8, 4) is 11.1 Å². The van der Waals surface area contributed by atoms with Crippen molar-refractivity contribution in [2.24, 2.45) is 0 Å². The Balaban J connectivity index is 1.68. The van der Waals surface area contributed by atoms with E-state index in [1.807, 2.05) is 36.4 Å². The van der Waals surface area contributed by atoms with E-state index < -0.39 is 0 Å². The molecule has 0 atom stereocenters. The molecule has 0 bridgehead atoms. The Morgan fingerprint density at radius 3 is 2.42 bits per heavy atom. The first kappa shape index (κ1) is 14.4. The normalized spacial score (nSPS) is 11.4. The van der Waals surface area contributed by atoms with Gasteiger partial charge in [0.2, 0.25) is 5.89 Å². The number of nitrogens with zero attached hydrogens (tertiary/aromatic N) is 1. The van der Waals surface area contributed by atoms with Gasteiger partial charge in [-0.15, -0.1) is 0 Å². The molecule has 0 spiro atoms. The molecule has 0 aliphatic heterocycles. The van der Waals surface area contributed by atoms with E-state index in [4.69, 9.17) is 4.42 Å². The summed E-state index contributed by atoms with van der Waals surface area (Å²) in [5.74, 6) is 0.190. The van der Waals surface area contributed by atoms with Crippen LogP contribution in [0.25, 0.3) is 34.4 Å². The number of hydrogen-bond acceptors (Lipinski definition) is 2. The molecular formula is C21H14FNO. The van der Waals surface area contributed by atoms with Gasteiger partial charge in [0.1, 0.15) is 11.3 Å². The first-order chi connectivity index (χ1) is 11.8. The molecule has 24 heavy (non-hydrogen) atoms. The van der Waals surface area contributed by atoms with Gasteiger partial charge < -0.3 is 4.42 Å². The van der Waals surface area contributed by atoms with Gasteiger partial charge in [-0.3, -0.25) is 0 Å². The number of rotatable bonds is 3. The summed E-state index contributed by atoms with van der Waals surface area (Å²) in [6.07, 6.45) is 3.35. The van der Waals surface area contributed by atoms with Gasteiger partial charge in [0, 0.05) is 11.6 Å². The molecular weight excluding hydrogens is 301 g/mol. The van der Waals surface area contributed by atoms with Crippen LogP contribution in [0.1, 0.15) is 11.5 Å². The quantitative estimate of drug-likeness (QED) is 0.477. The Bertz CT molecular complexity index is 1020. The fourth-order valence-electron chi connectivity index (χ4n) is 2.60. The highest BCUT2D eigenvalue weighted by Gasteiger charge is 2.06. The largest absolute Gasteiger partial charge is 0.437 e. The molecule has 2 nitrogen and oxygen atoms in total. The minimum atomic E-state index is -0.267. The molecule has 0 saturated heterocycles. The monoisotopic (exact) mass is 315 g/mol. The maximum absolute atomic E-state index is 13.6. The molecule has 1 heterocycles. The summed E-state index contributed by atoms with van der Waals surface area (Å²) in [4.78, 5) is 4.42. The van der Waals surface area contributed by atoms with Crippen molar-refractivity contribution in [2.45, 2.75) is 0 Å². The van der Waals surface area contributed by atoms with Crippen molar-refractivity contribution >= 4 is 23.3 Å². The highest BCUT2D eigenvalue weighted by atomic mass is 19.1. The first-order valence-electron chi connectivity index (χ1n) is 7.68. The van der Waals surface area contributed by atoms with Crippen molar-refractivity contribution in [3.63, 3.8) is 0 Å². The second-order valence-corrected chi connectivity index (χ2v) is 5.46. The number of hydrogen-bond donors (Lipinski definition) is 0. The first-order valence-corrected chi connectivity index (χ1v) is 7.68. The summed E-state index contributed by atoms with van der Waals surface area (Å²) in [6, 6.07) is 22.6. The summed E-state index contributed by atoms with van der Waals surface area (Å²) in [5.41, 5.74) is 4.19. The van der Waals surface area contributed by atoms with Gasteiger partial charge in [-0.05, 0) is 35.4 Å². The molecule has 0 unspecified atom stereocenters. The van der Waals surface area contributed by atoms with E-state index in [2.05, 4.69) is 17.1 Å². The molecule has 0 fully saturated rings. The molecule has 0 radical (unpaired) electrons. The molecule has 1 aromatic heterocycles. The van der Waals surface area contributed by atoms with Crippen molar-refractivity contribution < 1.29 is 8.81 Å². The molecule has 4 rings (SSSR count). The summed E-state index contributed by atoms with van der Waals surface area (Å²) >= 11 is 0. The SMILES string of the molecule is Fc1ccccc1C=Cc1nc2ccc(-c3ccccc3)cc2o1. The minimum Gasteiger partial charge on any atom is -0.437 e. The van der Waals surface area contributed by atoms with Crippen LogP contribution in [-0.4, -0.2) is 4.98 Å². The van der Waals surface area contributed by atoms with Crippen LogP contribution in [0.5, 0.6) is 0 Å². The lowest BCUT2D eigenvalue weighted by atomic mass is 10.1. The maximum atomic E-state index is 13.6. The van der Waals surface area contributed by atoms with Crippen molar-refractivity contribution in [1.29, 1.82) is 0 Å². The molecule has 0 N–H and O–H groups in total. The standard InChI is InChI=1S/C21H14FNO/c22-18-9-5-4-8-16(18)11-13-21-23-19-12-10-17(14-20(19)24-21)15-6-2-1-3-7-15/h1-14H. The third-order valence-corrected chi connectivity index (χ3v) is 3.82. The molecule has 3 heteroatoms. The summed E-state index contributed by atoms with van der Waals surface area (Å²) < 4.78 is 19.4. The zero-order valence-electron chi connectivity index (χ0n) is 12.8. The average Bonchev–Trinajstić information content (AvgIpc) is 3.04. The van der Waals surface area contributed by atoms with Gasteiger partial charge in [-0.25, -0.2) is 9.37 Å². The Kier molecular flexibility index (Phi) is 3.67. The van der Waals surface area contributed by atoms with Crippen LogP contribution < -0.4 is 0 Å². The van der Waals surface area contributed by atoms with Crippen LogP contribution >= 0.6 is 0 Å². The van der Waals surface area contributed by atoms with Crippen LogP contribution in [-0.2, 0) is 0 Å².